The van der Waals surface area contributed by atoms with Gasteiger partial charge in [0, 0.05) is 20.0 Å². The molecule has 0 bridgehead atoms. The monoisotopic (exact) mass is 284 g/mol. The quantitative estimate of drug-likeness (QED) is 0.822. The average molecular weight is 284 g/mol. The lowest BCUT2D eigenvalue weighted by Crippen LogP contribution is -2.35. The van der Waals surface area contributed by atoms with Crippen LogP contribution in [0.1, 0.15) is 19.8 Å². The molecule has 1 amide bonds. The van der Waals surface area contributed by atoms with E-state index in [4.69, 9.17) is 0 Å². The van der Waals surface area contributed by atoms with Crippen LogP contribution in [0.25, 0.3) is 0 Å². The van der Waals surface area contributed by atoms with Gasteiger partial charge in [-0.05, 0) is 18.6 Å². The van der Waals surface area contributed by atoms with Gasteiger partial charge in [-0.3, -0.25) is 9.10 Å². The first-order valence-electron chi connectivity index (χ1n) is 6.25. The molecule has 0 heterocycles. The highest BCUT2D eigenvalue weighted by Gasteiger charge is 2.17. The van der Waals surface area contributed by atoms with Gasteiger partial charge >= 0.3 is 0 Å². The minimum Gasteiger partial charge on any atom is -0.355 e. The maximum Gasteiger partial charge on any atom is 0.236 e. The summed E-state index contributed by atoms with van der Waals surface area (Å²) in [5.41, 5.74) is 0.613. The Morgan fingerprint density at radius 3 is 2.47 bits per heavy atom. The molecule has 0 saturated carbocycles. The van der Waals surface area contributed by atoms with Gasteiger partial charge in [0.1, 0.15) is 0 Å². The fraction of sp³-hybridized carbons (Fsp3) is 0.462. The molecule has 0 saturated heterocycles. The summed E-state index contributed by atoms with van der Waals surface area (Å²) < 4.78 is 25.3. The number of amides is 1. The lowest BCUT2D eigenvalue weighted by molar-refractivity contribution is -0.120. The number of sulfonamides is 1. The van der Waals surface area contributed by atoms with Crippen molar-refractivity contribution in [1.29, 1.82) is 0 Å². The fourth-order valence-corrected chi connectivity index (χ4v) is 2.65. The summed E-state index contributed by atoms with van der Waals surface area (Å²) in [5.74, 6) is -0.214. The number of carbonyl (C=O) groups excluding carboxylic acids is 1. The Balaban J connectivity index is 2.55. The van der Waals surface area contributed by atoms with Crippen LogP contribution in [-0.2, 0) is 14.8 Å². The van der Waals surface area contributed by atoms with Crippen LogP contribution in [0.3, 0.4) is 0 Å². The summed E-state index contributed by atoms with van der Waals surface area (Å²) >= 11 is 0. The van der Waals surface area contributed by atoms with Gasteiger partial charge in [0.25, 0.3) is 0 Å². The van der Waals surface area contributed by atoms with E-state index in [1.54, 1.807) is 24.3 Å². The third kappa shape index (κ3) is 4.90. The molecule has 5 nitrogen and oxygen atoms in total. The molecule has 0 unspecified atom stereocenters. The van der Waals surface area contributed by atoms with Gasteiger partial charge in [0.15, 0.2) is 0 Å². The van der Waals surface area contributed by atoms with Gasteiger partial charge in [-0.15, -0.1) is 0 Å². The predicted octanol–water partition coefficient (Wildman–Crippen LogP) is 1.37. The number of benzene rings is 1. The summed E-state index contributed by atoms with van der Waals surface area (Å²) in [6.45, 7) is 2.04. The fourth-order valence-electron chi connectivity index (χ4n) is 1.57. The van der Waals surface area contributed by atoms with Crippen LogP contribution >= 0.6 is 0 Å². The molecule has 0 atom stereocenters. The minimum atomic E-state index is -3.41. The third-order valence-electron chi connectivity index (χ3n) is 2.70. The van der Waals surface area contributed by atoms with Crippen molar-refractivity contribution >= 4 is 21.6 Å². The van der Waals surface area contributed by atoms with Gasteiger partial charge in [0.2, 0.25) is 15.9 Å². The van der Waals surface area contributed by atoms with E-state index in [0.717, 1.165) is 6.42 Å². The molecule has 0 aromatic heterocycles. The van der Waals surface area contributed by atoms with Crippen molar-refractivity contribution in [1.82, 2.24) is 5.32 Å². The number of hydrogen-bond donors (Lipinski definition) is 1. The highest BCUT2D eigenvalue weighted by molar-refractivity contribution is 7.92. The van der Waals surface area contributed by atoms with Crippen molar-refractivity contribution in [2.45, 2.75) is 19.8 Å². The summed E-state index contributed by atoms with van der Waals surface area (Å²) in [7, 11) is -1.89. The molecule has 1 N–H and O–H groups in total. The molecule has 0 aliphatic carbocycles. The molecule has 106 valence electrons. The maximum atomic E-state index is 12.0. The third-order valence-corrected chi connectivity index (χ3v) is 4.46. The van der Waals surface area contributed by atoms with E-state index < -0.39 is 10.0 Å². The Morgan fingerprint density at radius 1 is 1.26 bits per heavy atom. The second-order valence-corrected chi connectivity index (χ2v) is 6.34. The molecule has 1 aromatic carbocycles. The first kappa shape index (κ1) is 15.5. The van der Waals surface area contributed by atoms with Gasteiger partial charge in [0.05, 0.1) is 11.4 Å². The van der Waals surface area contributed by atoms with Crippen LogP contribution in [0, 0.1) is 0 Å². The summed E-state index contributed by atoms with van der Waals surface area (Å²) in [6, 6.07) is 8.85. The number of rotatable bonds is 7. The molecule has 6 heteroatoms. The number of nitrogens with one attached hydrogen (secondary N) is 1. The van der Waals surface area contributed by atoms with Gasteiger partial charge in [-0.1, -0.05) is 25.1 Å². The Bertz CT molecular complexity index is 500. The van der Waals surface area contributed by atoms with Crippen LogP contribution < -0.4 is 9.62 Å². The Morgan fingerprint density at radius 2 is 1.89 bits per heavy atom. The van der Waals surface area contributed by atoms with Crippen LogP contribution in [0.4, 0.5) is 5.69 Å². The number of para-hydroxylation sites is 1. The second kappa shape index (κ2) is 7.13. The average Bonchev–Trinajstić information content (AvgIpc) is 2.39. The molecule has 1 rings (SSSR count). The molecule has 0 spiro atoms. The topological polar surface area (TPSA) is 66.5 Å². The molecular formula is C13H20N2O3S. The molecular weight excluding hydrogens is 264 g/mol. The Hall–Kier alpha value is -1.56. The highest BCUT2D eigenvalue weighted by atomic mass is 32.2. The van der Waals surface area contributed by atoms with Crippen molar-refractivity contribution < 1.29 is 13.2 Å². The van der Waals surface area contributed by atoms with Crippen molar-refractivity contribution in [3.05, 3.63) is 30.3 Å². The van der Waals surface area contributed by atoms with Crippen LogP contribution in [0.2, 0.25) is 0 Å². The van der Waals surface area contributed by atoms with E-state index >= 15 is 0 Å². The highest BCUT2D eigenvalue weighted by Crippen LogP contribution is 2.14. The van der Waals surface area contributed by atoms with Crippen molar-refractivity contribution in [2.24, 2.45) is 0 Å². The normalized spacial score (nSPS) is 11.1. The van der Waals surface area contributed by atoms with E-state index in [9.17, 15) is 13.2 Å². The van der Waals surface area contributed by atoms with Crippen molar-refractivity contribution in [3.63, 3.8) is 0 Å². The molecule has 0 aliphatic heterocycles. The molecule has 19 heavy (non-hydrogen) atoms. The summed E-state index contributed by atoms with van der Waals surface area (Å²) in [4.78, 5) is 11.2. The standard InChI is InChI=1S/C13H20N2O3S/c1-3-7-13(16)14-10-11-19(17,18)15(2)12-8-5-4-6-9-12/h4-6,8-9H,3,7,10-11H2,1-2H3,(H,14,16). The predicted molar refractivity (Wildman–Crippen MR) is 76.5 cm³/mol. The largest absolute Gasteiger partial charge is 0.355 e. The van der Waals surface area contributed by atoms with Gasteiger partial charge in [-0.25, -0.2) is 8.42 Å². The van der Waals surface area contributed by atoms with Crippen molar-refractivity contribution in [3.8, 4) is 0 Å². The lowest BCUT2D eigenvalue weighted by Gasteiger charge is -2.19. The van der Waals surface area contributed by atoms with E-state index in [1.807, 2.05) is 13.0 Å². The number of carbonyl (C=O) groups is 1. The lowest BCUT2D eigenvalue weighted by atomic mass is 10.3. The zero-order chi connectivity index (χ0) is 14.3. The van der Waals surface area contributed by atoms with E-state index in [0.29, 0.717) is 12.1 Å². The second-order valence-electron chi connectivity index (χ2n) is 4.22. The van der Waals surface area contributed by atoms with Gasteiger partial charge in [-0.2, -0.15) is 0 Å². The smallest absolute Gasteiger partial charge is 0.236 e. The Kier molecular flexibility index (Phi) is 5.82. The van der Waals surface area contributed by atoms with Crippen molar-refractivity contribution in [2.75, 3.05) is 23.7 Å². The zero-order valence-electron chi connectivity index (χ0n) is 11.3. The van der Waals surface area contributed by atoms with Crippen LogP contribution in [0.5, 0.6) is 0 Å². The summed E-state index contributed by atoms with van der Waals surface area (Å²) in [6.07, 6.45) is 1.18. The van der Waals surface area contributed by atoms with E-state index in [2.05, 4.69) is 5.32 Å². The SMILES string of the molecule is CCCC(=O)NCCS(=O)(=O)N(C)c1ccccc1. The van der Waals surface area contributed by atoms with E-state index in [-0.39, 0.29) is 18.2 Å². The molecule has 0 radical (unpaired) electrons. The molecule has 0 aliphatic rings. The van der Waals surface area contributed by atoms with E-state index in [1.165, 1.54) is 11.4 Å². The zero-order valence-corrected chi connectivity index (χ0v) is 12.1. The number of nitrogens with zero attached hydrogens (tertiary/aromatic N) is 1. The first-order chi connectivity index (χ1) is 8.97. The minimum absolute atomic E-state index is 0.103. The maximum absolute atomic E-state index is 12.0. The first-order valence-corrected chi connectivity index (χ1v) is 7.86. The molecule has 1 aromatic rings. The number of hydrogen-bond acceptors (Lipinski definition) is 3. The number of anilines is 1. The Labute approximate surface area is 114 Å². The molecule has 0 fully saturated rings. The van der Waals surface area contributed by atoms with Crippen LogP contribution in [0.15, 0.2) is 30.3 Å². The van der Waals surface area contributed by atoms with Gasteiger partial charge < -0.3 is 5.32 Å². The summed E-state index contributed by atoms with van der Waals surface area (Å²) in [5, 5.41) is 2.60. The van der Waals surface area contributed by atoms with Crippen LogP contribution in [-0.4, -0.2) is 33.7 Å².